The third-order valence-electron chi connectivity index (χ3n) is 12.1. The molecule has 2 fully saturated rings. The molecule has 8 rings (SSSR count). The third-order valence-corrected chi connectivity index (χ3v) is 12.9. The Kier molecular flexibility index (Phi) is 23.7. The summed E-state index contributed by atoms with van der Waals surface area (Å²) in [5.74, 6) is 0.426. The summed E-state index contributed by atoms with van der Waals surface area (Å²) in [7, 11) is 0. The van der Waals surface area contributed by atoms with Crippen LogP contribution >= 0.6 is 58.0 Å². The van der Waals surface area contributed by atoms with Crippen LogP contribution in [0.4, 0.5) is 37.7 Å². The summed E-state index contributed by atoms with van der Waals surface area (Å²) < 4.78 is 91.5. The number of halogens is 11. The summed E-state index contributed by atoms with van der Waals surface area (Å²) in [5.41, 5.74) is -0.352. The van der Waals surface area contributed by atoms with Gasteiger partial charge in [-0.2, -0.15) is 26.3 Å². The van der Waals surface area contributed by atoms with Crippen molar-refractivity contribution in [3.63, 3.8) is 0 Å². The van der Waals surface area contributed by atoms with Crippen LogP contribution < -0.4 is 24.6 Å². The summed E-state index contributed by atoms with van der Waals surface area (Å²) in [6, 6.07) is 17.7. The first-order valence-electron chi connectivity index (χ1n) is 23.5. The highest BCUT2D eigenvalue weighted by molar-refractivity contribution is 6.66. The molecule has 22 heteroatoms. The van der Waals surface area contributed by atoms with Gasteiger partial charge in [-0.05, 0) is 106 Å². The third kappa shape index (κ3) is 17.0. The fourth-order valence-corrected chi connectivity index (χ4v) is 9.02. The van der Waals surface area contributed by atoms with Crippen LogP contribution in [0.2, 0.25) is 10.0 Å². The maximum Gasteiger partial charge on any atom is 0.417 e. The lowest BCUT2D eigenvalue weighted by Gasteiger charge is -2.42. The highest BCUT2D eigenvalue weighted by Gasteiger charge is 2.38. The molecule has 0 aliphatic carbocycles. The zero-order valence-corrected chi connectivity index (χ0v) is 45.6. The number of nitrogens with zero attached hydrogens (tertiary/aromatic N) is 4. The molecule has 0 bridgehead atoms. The number of anilines is 2. The van der Waals surface area contributed by atoms with E-state index >= 15 is 0 Å². The van der Waals surface area contributed by atoms with Crippen LogP contribution in [0, 0.1) is 11.8 Å². The van der Waals surface area contributed by atoms with Gasteiger partial charge in [0.15, 0.2) is 13.2 Å². The number of amides is 3. The number of rotatable bonds is 11. The van der Waals surface area contributed by atoms with Crippen molar-refractivity contribution in [2.75, 3.05) is 74.2 Å². The van der Waals surface area contributed by atoms with Crippen LogP contribution in [-0.4, -0.2) is 109 Å². The van der Waals surface area contributed by atoms with Crippen molar-refractivity contribution >= 4 is 92.3 Å². The van der Waals surface area contributed by atoms with Gasteiger partial charge >= 0.3 is 12.4 Å². The van der Waals surface area contributed by atoms with Gasteiger partial charge in [-0.25, -0.2) is 0 Å². The van der Waals surface area contributed by atoms with Crippen LogP contribution in [0.25, 0.3) is 22.3 Å². The van der Waals surface area contributed by atoms with Crippen molar-refractivity contribution in [3.8, 4) is 33.8 Å². The van der Waals surface area contributed by atoms with E-state index in [0.717, 1.165) is 37.8 Å². The standard InChI is InChI=1S/C22H18ClF3N2O3.C19H16ClF3N2O2.C8H19N.C3H3ClO.CH2Cl2/c1-2-20(29)27-9-13(10-27)11-28-18-8-17(23)15(7-19(18)31-12-21(28)30)14-5-3-4-6-16(14)22(24,25)26;20-15-6-16-17(27-10-18(26)25(16)9-11-7-24-8-11)5-13(15)12-3-1-2-4-14(12)19(21,22)23;1-6-9(7(2)3)8(4)5;1-2-3(4)5;2-1-3/h2-8,13H,1,9-12H2;1-6,11,24H,7-10H2;7-8H,6H2,1-5H3;2H,1H2;1H2. The van der Waals surface area contributed by atoms with Crippen molar-refractivity contribution in [1.29, 1.82) is 0 Å². The summed E-state index contributed by atoms with van der Waals surface area (Å²) >= 11 is 26.9. The van der Waals surface area contributed by atoms with E-state index in [9.17, 15) is 45.5 Å². The van der Waals surface area contributed by atoms with E-state index in [1.54, 1.807) is 9.80 Å². The molecule has 75 heavy (non-hydrogen) atoms. The van der Waals surface area contributed by atoms with Crippen LogP contribution in [0.3, 0.4) is 0 Å². The van der Waals surface area contributed by atoms with Crippen molar-refractivity contribution in [2.24, 2.45) is 11.8 Å². The first kappa shape index (κ1) is 62.5. The zero-order chi connectivity index (χ0) is 55.9. The Morgan fingerprint density at radius 2 is 1.09 bits per heavy atom. The molecule has 408 valence electrons. The lowest BCUT2D eigenvalue weighted by molar-refractivity contribution is -0.137. The molecule has 4 aliphatic rings. The Balaban J connectivity index is 0.000000250. The minimum Gasteiger partial charge on any atom is -0.482 e. The van der Waals surface area contributed by atoms with E-state index in [2.05, 4.69) is 58.0 Å². The maximum absolute atomic E-state index is 13.5. The van der Waals surface area contributed by atoms with E-state index in [1.807, 2.05) is 0 Å². The molecule has 11 nitrogen and oxygen atoms in total. The highest BCUT2D eigenvalue weighted by atomic mass is 35.5. The predicted octanol–water partition coefficient (Wildman–Crippen LogP) is 12.9. The molecule has 4 heterocycles. The topological polar surface area (TPSA) is 112 Å². The number of ether oxygens (including phenoxy) is 2. The van der Waals surface area contributed by atoms with Gasteiger partial charge in [-0.1, -0.05) is 79.7 Å². The number of alkyl halides is 8. The SMILES string of the molecule is C=CC(=O)Cl.C=CC(=O)N1CC(CN2C(=O)COc3cc(-c4ccccc4C(F)(F)F)c(Cl)cc32)C1.CCN(C(C)C)C(C)C.ClCCl.O=C1COc2cc(-c3ccccc3C(F)(F)F)c(Cl)cc2N1CC1CNC1. The maximum atomic E-state index is 13.5. The highest BCUT2D eigenvalue weighted by Crippen LogP contribution is 2.47. The van der Waals surface area contributed by atoms with Gasteiger partial charge in [-0.3, -0.25) is 24.1 Å². The van der Waals surface area contributed by atoms with Crippen molar-refractivity contribution in [3.05, 3.63) is 119 Å². The Bertz CT molecular complexity index is 2640. The number of hydrogen-bond acceptors (Lipinski definition) is 8. The summed E-state index contributed by atoms with van der Waals surface area (Å²) in [6.07, 6.45) is -6.76. The molecule has 2 saturated heterocycles. The van der Waals surface area contributed by atoms with Gasteiger partial charge in [-0.15, -0.1) is 23.2 Å². The molecule has 0 unspecified atom stereocenters. The fourth-order valence-electron chi connectivity index (χ4n) is 8.50. The average Bonchev–Trinajstić information content (AvgIpc) is 3.32. The van der Waals surface area contributed by atoms with Crippen LogP contribution in [0.1, 0.15) is 45.7 Å². The molecule has 0 aromatic heterocycles. The largest absolute Gasteiger partial charge is 0.482 e. The fraction of sp³-hybridized carbons (Fsp3) is 0.396. The van der Waals surface area contributed by atoms with Gasteiger partial charge in [0.25, 0.3) is 11.8 Å². The lowest BCUT2D eigenvalue weighted by Crippen LogP contribution is -2.55. The predicted molar refractivity (Wildman–Crippen MR) is 286 cm³/mol. The molecular weight excluding hydrogens is 1090 g/mol. The molecule has 4 aliphatic heterocycles. The van der Waals surface area contributed by atoms with E-state index < -0.39 is 28.7 Å². The zero-order valence-electron chi connectivity index (χ0n) is 41.8. The number of benzene rings is 4. The van der Waals surface area contributed by atoms with Gasteiger partial charge in [0.2, 0.25) is 11.1 Å². The number of nitrogens with one attached hydrogen (secondary N) is 1. The molecule has 0 atom stereocenters. The van der Waals surface area contributed by atoms with E-state index in [0.29, 0.717) is 61.3 Å². The van der Waals surface area contributed by atoms with Gasteiger partial charge < -0.3 is 29.5 Å². The van der Waals surface area contributed by atoms with Gasteiger partial charge in [0, 0.05) is 74.3 Å². The summed E-state index contributed by atoms with van der Waals surface area (Å²) in [4.78, 5) is 53.0. The minimum atomic E-state index is -4.54. The van der Waals surface area contributed by atoms with Gasteiger partial charge in [0.05, 0.1) is 37.9 Å². The second-order valence-electron chi connectivity index (χ2n) is 17.7. The van der Waals surface area contributed by atoms with E-state index in [4.69, 9.17) is 67.5 Å². The van der Waals surface area contributed by atoms with Crippen molar-refractivity contribution in [1.82, 2.24) is 15.1 Å². The van der Waals surface area contributed by atoms with E-state index in [-0.39, 0.29) is 80.2 Å². The van der Waals surface area contributed by atoms with Crippen LogP contribution in [-0.2, 0) is 31.5 Å². The summed E-state index contributed by atoms with van der Waals surface area (Å²) in [5, 5.41) is 3.05. The molecule has 4 aromatic carbocycles. The first-order chi connectivity index (χ1) is 35.3. The molecule has 0 spiro atoms. The quantitative estimate of drug-likeness (QED) is 0.0684. The number of hydrogen-bond donors (Lipinski definition) is 1. The Labute approximate surface area is 458 Å². The monoisotopic (exact) mass is 1150 g/mol. The lowest BCUT2D eigenvalue weighted by atomic mass is 9.96. The molecule has 1 N–H and O–H groups in total. The van der Waals surface area contributed by atoms with Crippen LogP contribution in [0.5, 0.6) is 11.5 Å². The Hall–Kier alpha value is -5.01. The molecular formula is C53H58Cl5F6N5O6. The number of likely N-dealkylation sites (tertiary alicyclic amines) is 1. The second-order valence-corrected chi connectivity index (χ2v) is 19.7. The first-order valence-corrected chi connectivity index (χ1v) is 25.7. The molecule has 3 amide bonds. The Morgan fingerprint density at radius 1 is 0.707 bits per heavy atom. The molecule has 0 radical (unpaired) electrons. The van der Waals surface area contributed by atoms with Crippen molar-refractivity contribution < 1.29 is 55.0 Å². The number of allylic oxidation sites excluding steroid dienone is 1. The smallest absolute Gasteiger partial charge is 0.417 e. The normalized spacial score (nSPS) is 15.2. The van der Waals surface area contributed by atoms with E-state index in [1.165, 1.54) is 71.6 Å². The number of fused-ring (bicyclic) bond motifs is 2. The second kappa shape index (κ2) is 28.4. The van der Waals surface area contributed by atoms with Crippen LogP contribution in [0.15, 0.2) is 98.1 Å². The average molecular weight is 1150 g/mol. The molecule has 0 saturated carbocycles. The van der Waals surface area contributed by atoms with Crippen molar-refractivity contribution in [2.45, 2.75) is 59.1 Å². The molecule has 4 aromatic rings. The number of carbonyl (C=O) groups excluding carboxylic acids is 4. The van der Waals surface area contributed by atoms with Gasteiger partial charge in [0.1, 0.15) is 11.5 Å². The summed E-state index contributed by atoms with van der Waals surface area (Å²) in [6.45, 7) is 22.0. The number of carbonyl (C=O) groups is 4. The minimum absolute atomic E-state index is 0.0203. The Morgan fingerprint density at radius 3 is 1.40 bits per heavy atom.